The Balaban J connectivity index is 2.26. The molecule has 0 radical (unpaired) electrons. The summed E-state index contributed by atoms with van der Waals surface area (Å²) in [6.45, 7) is 0.676. The van der Waals surface area contributed by atoms with Gasteiger partial charge in [-0.3, -0.25) is 0 Å². The van der Waals surface area contributed by atoms with Crippen LogP contribution in [0.3, 0.4) is 0 Å². The Morgan fingerprint density at radius 1 is 1.62 bits per heavy atom. The number of fused-ring (bicyclic) bond motifs is 1. The lowest BCUT2D eigenvalue weighted by Gasteiger charge is -2.25. The largest absolute Gasteiger partial charge is 0.379 e. The number of anilines is 1. The van der Waals surface area contributed by atoms with Gasteiger partial charge in [0.15, 0.2) is 0 Å². The van der Waals surface area contributed by atoms with Crippen LogP contribution >= 0.6 is 23.4 Å². The molecule has 3 N–H and O–H groups in total. The number of halogens is 1. The van der Waals surface area contributed by atoms with E-state index in [2.05, 4.69) is 5.32 Å². The minimum Gasteiger partial charge on any atom is -0.379 e. The van der Waals surface area contributed by atoms with Gasteiger partial charge in [-0.1, -0.05) is 11.6 Å². The lowest BCUT2D eigenvalue weighted by atomic mass is 10.2. The molecular formula is C9H11ClN2S. The Kier molecular flexibility index (Phi) is 2.67. The molecule has 1 aromatic rings. The number of rotatable bonds is 1. The van der Waals surface area contributed by atoms with Gasteiger partial charge in [0.25, 0.3) is 0 Å². The third kappa shape index (κ3) is 1.93. The Labute approximate surface area is 86.8 Å². The summed E-state index contributed by atoms with van der Waals surface area (Å²) in [4.78, 5) is 1.22. The summed E-state index contributed by atoms with van der Waals surface area (Å²) >= 11 is 7.69. The van der Waals surface area contributed by atoms with Crippen molar-refractivity contribution in [1.82, 2.24) is 0 Å². The Morgan fingerprint density at radius 2 is 2.46 bits per heavy atom. The van der Waals surface area contributed by atoms with E-state index in [9.17, 15) is 0 Å². The van der Waals surface area contributed by atoms with E-state index in [4.69, 9.17) is 17.3 Å². The van der Waals surface area contributed by atoms with Crippen molar-refractivity contribution in [3.05, 3.63) is 23.2 Å². The smallest absolute Gasteiger partial charge is 0.0482 e. The predicted molar refractivity (Wildman–Crippen MR) is 58.6 cm³/mol. The zero-order valence-corrected chi connectivity index (χ0v) is 8.66. The fraction of sp³-hybridized carbons (Fsp3) is 0.333. The summed E-state index contributed by atoms with van der Waals surface area (Å²) in [5.41, 5.74) is 6.74. The Bertz CT molecular complexity index is 316. The number of thioether (sulfide) groups is 1. The maximum atomic E-state index is 5.88. The normalized spacial score (nSPS) is 20.6. The molecule has 1 aromatic carbocycles. The highest BCUT2D eigenvalue weighted by atomic mass is 35.5. The van der Waals surface area contributed by atoms with Crippen LogP contribution in [0.1, 0.15) is 0 Å². The number of benzene rings is 1. The molecule has 0 aliphatic carbocycles. The van der Waals surface area contributed by atoms with E-state index in [1.807, 2.05) is 30.0 Å². The molecule has 0 bridgehead atoms. The molecule has 1 atom stereocenters. The van der Waals surface area contributed by atoms with Crippen LogP contribution in [0.15, 0.2) is 23.1 Å². The average molecular weight is 215 g/mol. The fourth-order valence-electron chi connectivity index (χ4n) is 1.31. The maximum absolute atomic E-state index is 5.88. The first kappa shape index (κ1) is 9.19. The molecule has 0 saturated carbocycles. The van der Waals surface area contributed by atoms with Gasteiger partial charge < -0.3 is 11.1 Å². The van der Waals surface area contributed by atoms with Gasteiger partial charge in [0.1, 0.15) is 0 Å². The van der Waals surface area contributed by atoms with Crippen LogP contribution in [0.2, 0.25) is 5.02 Å². The molecular weight excluding hydrogens is 204 g/mol. The Morgan fingerprint density at radius 3 is 3.23 bits per heavy atom. The fourth-order valence-corrected chi connectivity index (χ4v) is 2.64. The van der Waals surface area contributed by atoms with Crippen molar-refractivity contribution in [3.8, 4) is 0 Å². The minimum absolute atomic E-state index is 0.388. The van der Waals surface area contributed by atoms with Gasteiger partial charge >= 0.3 is 0 Å². The van der Waals surface area contributed by atoms with Crippen LogP contribution in [0.5, 0.6) is 0 Å². The summed E-state index contributed by atoms with van der Waals surface area (Å²) in [7, 11) is 0. The van der Waals surface area contributed by atoms with Crippen LogP contribution in [0.25, 0.3) is 0 Å². The first-order valence-electron chi connectivity index (χ1n) is 4.18. The summed E-state index contributed by atoms with van der Waals surface area (Å²) in [6, 6.07) is 6.28. The van der Waals surface area contributed by atoms with Gasteiger partial charge in [0.2, 0.25) is 0 Å². The van der Waals surface area contributed by atoms with E-state index in [1.165, 1.54) is 4.90 Å². The number of hydrogen-bond acceptors (Lipinski definition) is 3. The van der Waals surface area contributed by atoms with Crippen molar-refractivity contribution >= 4 is 29.1 Å². The monoisotopic (exact) mass is 214 g/mol. The lowest BCUT2D eigenvalue weighted by molar-refractivity contribution is 0.803. The molecule has 0 saturated heterocycles. The van der Waals surface area contributed by atoms with E-state index >= 15 is 0 Å². The molecule has 0 fully saturated rings. The van der Waals surface area contributed by atoms with E-state index in [0.717, 1.165) is 16.5 Å². The zero-order valence-electron chi connectivity index (χ0n) is 7.09. The van der Waals surface area contributed by atoms with Crippen molar-refractivity contribution < 1.29 is 0 Å². The average Bonchev–Trinajstić information content (AvgIpc) is 2.17. The zero-order chi connectivity index (χ0) is 9.26. The quantitative estimate of drug-likeness (QED) is 0.753. The third-order valence-electron chi connectivity index (χ3n) is 2.03. The van der Waals surface area contributed by atoms with Crippen molar-refractivity contribution in [2.24, 2.45) is 5.73 Å². The highest BCUT2D eigenvalue weighted by Gasteiger charge is 2.16. The second-order valence-corrected chi connectivity index (χ2v) is 4.53. The molecule has 1 aliphatic rings. The number of nitrogens with one attached hydrogen (secondary N) is 1. The van der Waals surface area contributed by atoms with Crippen LogP contribution in [0, 0.1) is 0 Å². The summed E-state index contributed by atoms with van der Waals surface area (Å²) in [5.74, 6) is 1.02. The standard InChI is InChI=1S/C9H11ClN2S/c10-6-1-2-8-9(3-6)13-5-7(4-11)12-8/h1-3,7,12H,4-5,11H2. The topological polar surface area (TPSA) is 38.0 Å². The first-order chi connectivity index (χ1) is 6.29. The van der Waals surface area contributed by atoms with E-state index < -0.39 is 0 Å². The van der Waals surface area contributed by atoms with E-state index in [1.54, 1.807) is 0 Å². The van der Waals surface area contributed by atoms with Gasteiger partial charge in [-0.25, -0.2) is 0 Å². The molecule has 2 nitrogen and oxygen atoms in total. The van der Waals surface area contributed by atoms with Gasteiger partial charge in [0.05, 0.1) is 0 Å². The van der Waals surface area contributed by atoms with Crippen LogP contribution in [0.4, 0.5) is 5.69 Å². The van der Waals surface area contributed by atoms with E-state index in [0.29, 0.717) is 12.6 Å². The van der Waals surface area contributed by atoms with Gasteiger partial charge in [-0.05, 0) is 18.2 Å². The van der Waals surface area contributed by atoms with Crippen molar-refractivity contribution in [2.75, 3.05) is 17.6 Å². The van der Waals surface area contributed by atoms with Crippen molar-refractivity contribution in [2.45, 2.75) is 10.9 Å². The SMILES string of the molecule is NCC1CSc2cc(Cl)ccc2N1. The van der Waals surface area contributed by atoms with Gasteiger partial charge in [-0.15, -0.1) is 11.8 Å². The molecule has 70 valence electrons. The molecule has 0 spiro atoms. The van der Waals surface area contributed by atoms with E-state index in [-0.39, 0.29) is 0 Å². The van der Waals surface area contributed by atoms with Crippen LogP contribution in [-0.4, -0.2) is 18.3 Å². The molecule has 0 aromatic heterocycles. The second kappa shape index (κ2) is 3.78. The third-order valence-corrected chi connectivity index (χ3v) is 3.48. The summed E-state index contributed by atoms with van der Waals surface area (Å²) < 4.78 is 0. The lowest BCUT2D eigenvalue weighted by Crippen LogP contribution is -2.33. The Hall–Kier alpha value is -0.380. The maximum Gasteiger partial charge on any atom is 0.0482 e. The highest BCUT2D eigenvalue weighted by Crippen LogP contribution is 2.34. The van der Waals surface area contributed by atoms with Gasteiger partial charge in [-0.2, -0.15) is 0 Å². The summed E-state index contributed by atoms with van der Waals surface area (Å²) in [6.07, 6.45) is 0. The molecule has 0 amide bonds. The molecule has 4 heteroatoms. The minimum atomic E-state index is 0.388. The summed E-state index contributed by atoms with van der Waals surface area (Å²) in [5, 5.41) is 4.16. The molecule has 13 heavy (non-hydrogen) atoms. The molecule has 1 heterocycles. The first-order valence-corrected chi connectivity index (χ1v) is 5.55. The van der Waals surface area contributed by atoms with Crippen LogP contribution in [-0.2, 0) is 0 Å². The molecule has 2 rings (SSSR count). The van der Waals surface area contributed by atoms with Gasteiger partial charge in [0, 0.05) is 33.9 Å². The number of nitrogens with two attached hydrogens (primary N) is 1. The number of hydrogen-bond donors (Lipinski definition) is 2. The molecule has 1 aliphatic heterocycles. The van der Waals surface area contributed by atoms with Crippen molar-refractivity contribution in [3.63, 3.8) is 0 Å². The molecule has 1 unspecified atom stereocenters. The predicted octanol–water partition coefficient (Wildman–Crippen LogP) is 2.18. The van der Waals surface area contributed by atoms with Crippen LogP contribution < -0.4 is 11.1 Å². The van der Waals surface area contributed by atoms with Crippen molar-refractivity contribution in [1.29, 1.82) is 0 Å². The highest BCUT2D eigenvalue weighted by molar-refractivity contribution is 7.99. The second-order valence-electron chi connectivity index (χ2n) is 3.03.